The molecule has 1 saturated carbocycles. The van der Waals surface area contributed by atoms with E-state index in [1.807, 2.05) is 18.2 Å². The lowest BCUT2D eigenvalue weighted by molar-refractivity contribution is -0.153. The van der Waals surface area contributed by atoms with E-state index in [0.29, 0.717) is 0 Å². The van der Waals surface area contributed by atoms with Gasteiger partial charge in [0.1, 0.15) is 11.9 Å². The average Bonchev–Trinajstić information content (AvgIpc) is 2.37. The molecule has 1 aliphatic heterocycles. The number of aliphatic hydroxyl groups excluding tert-OH is 1. The summed E-state index contributed by atoms with van der Waals surface area (Å²) in [7, 11) is 0. The quantitative estimate of drug-likeness (QED) is 0.904. The Labute approximate surface area is 128 Å². The van der Waals surface area contributed by atoms with E-state index in [-0.39, 0.29) is 11.7 Å². The highest BCUT2D eigenvalue weighted by Gasteiger charge is 2.43. The highest BCUT2D eigenvalue weighted by atomic mass is 79.9. The van der Waals surface area contributed by atoms with Gasteiger partial charge in [-0.2, -0.15) is 0 Å². The molecule has 4 heteroatoms. The van der Waals surface area contributed by atoms with Gasteiger partial charge in [-0.1, -0.05) is 22.0 Å². The van der Waals surface area contributed by atoms with E-state index in [1.54, 1.807) is 6.92 Å². The van der Waals surface area contributed by atoms with Gasteiger partial charge in [-0.05, 0) is 38.3 Å². The first-order chi connectivity index (χ1) is 9.58. The van der Waals surface area contributed by atoms with E-state index < -0.39 is 6.10 Å². The van der Waals surface area contributed by atoms with Crippen molar-refractivity contribution in [1.29, 1.82) is 0 Å². The number of hydrogen-bond acceptors (Lipinski definition) is 3. The molecule has 1 aromatic carbocycles. The summed E-state index contributed by atoms with van der Waals surface area (Å²) in [6, 6.07) is 5.81. The zero-order valence-electron chi connectivity index (χ0n) is 11.8. The van der Waals surface area contributed by atoms with Crippen molar-refractivity contribution in [3.63, 3.8) is 0 Å². The molecular formula is C16H21BrO3. The average molecular weight is 341 g/mol. The van der Waals surface area contributed by atoms with Crippen LogP contribution in [0.2, 0.25) is 0 Å². The van der Waals surface area contributed by atoms with Gasteiger partial charge in [0, 0.05) is 22.9 Å². The standard InChI is InChI=1S/C16H21BrO3/c1-11(18)14-4-3-12(17)9-15(14)20-13-5-8-19-16(10-13)6-2-7-16/h3-4,9,11,13,18H,2,5-8,10H2,1H3/t11-,13?/m0/s1. The fraction of sp³-hybridized carbons (Fsp3) is 0.625. The summed E-state index contributed by atoms with van der Waals surface area (Å²) in [5, 5.41) is 9.86. The Hall–Kier alpha value is -0.580. The van der Waals surface area contributed by atoms with Crippen molar-refractivity contribution in [2.24, 2.45) is 0 Å². The molecule has 1 saturated heterocycles. The third kappa shape index (κ3) is 2.87. The Morgan fingerprint density at radius 3 is 2.90 bits per heavy atom. The van der Waals surface area contributed by atoms with Gasteiger partial charge >= 0.3 is 0 Å². The molecule has 3 nitrogen and oxygen atoms in total. The number of aliphatic hydroxyl groups is 1. The molecule has 1 aliphatic carbocycles. The van der Waals surface area contributed by atoms with E-state index >= 15 is 0 Å². The predicted octanol–water partition coefficient (Wildman–Crippen LogP) is 3.98. The first-order valence-corrected chi connectivity index (χ1v) is 8.15. The van der Waals surface area contributed by atoms with Crippen molar-refractivity contribution < 1.29 is 14.6 Å². The Kier molecular flexibility index (Phi) is 4.07. The number of ether oxygens (including phenoxy) is 2. The summed E-state index contributed by atoms with van der Waals surface area (Å²) in [5.74, 6) is 0.788. The minimum atomic E-state index is -0.518. The van der Waals surface area contributed by atoms with Crippen LogP contribution in [0, 0.1) is 0 Å². The van der Waals surface area contributed by atoms with Crippen LogP contribution in [0.3, 0.4) is 0 Å². The van der Waals surface area contributed by atoms with E-state index in [9.17, 15) is 5.11 Å². The zero-order chi connectivity index (χ0) is 14.2. The molecule has 3 rings (SSSR count). The van der Waals surface area contributed by atoms with Crippen LogP contribution in [-0.2, 0) is 4.74 Å². The summed E-state index contributed by atoms with van der Waals surface area (Å²) >= 11 is 3.47. The maximum absolute atomic E-state index is 9.86. The van der Waals surface area contributed by atoms with Crippen LogP contribution in [-0.4, -0.2) is 23.4 Å². The van der Waals surface area contributed by atoms with E-state index in [0.717, 1.165) is 48.1 Å². The van der Waals surface area contributed by atoms with Gasteiger partial charge in [0.05, 0.1) is 18.3 Å². The van der Waals surface area contributed by atoms with Gasteiger partial charge in [-0.25, -0.2) is 0 Å². The third-order valence-electron chi connectivity index (χ3n) is 4.43. The molecular weight excluding hydrogens is 320 g/mol. The summed E-state index contributed by atoms with van der Waals surface area (Å²) in [4.78, 5) is 0. The van der Waals surface area contributed by atoms with Crippen molar-refractivity contribution >= 4 is 15.9 Å². The van der Waals surface area contributed by atoms with Crippen LogP contribution < -0.4 is 4.74 Å². The molecule has 1 aromatic rings. The summed E-state index contributed by atoms with van der Waals surface area (Å²) < 4.78 is 13.1. The predicted molar refractivity (Wildman–Crippen MR) is 81.0 cm³/mol. The molecule has 110 valence electrons. The largest absolute Gasteiger partial charge is 0.490 e. The van der Waals surface area contributed by atoms with Crippen molar-refractivity contribution in [1.82, 2.24) is 0 Å². The molecule has 1 heterocycles. The minimum absolute atomic E-state index is 0.0833. The van der Waals surface area contributed by atoms with Gasteiger partial charge in [-0.15, -0.1) is 0 Å². The molecule has 1 spiro atoms. The topological polar surface area (TPSA) is 38.7 Å². The second kappa shape index (κ2) is 5.66. The number of hydrogen-bond donors (Lipinski definition) is 1. The van der Waals surface area contributed by atoms with Crippen molar-refractivity contribution in [3.8, 4) is 5.75 Å². The molecule has 0 bridgehead atoms. The molecule has 0 aromatic heterocycles. The molecule has 2 fully saturated rings. The van der Waals surface area contributed by atoms with Crippen LogP contribution in [0.4, 0.5) is 0 Å². The van der Waals surface area contributed by atoms with Crippen LogP contribution in [0.25, 0.3) is 0 Å². The van der Waals surface area contributed by atoms with E-state index in [1.165, 1.54) is 6.42 Å². The molecule has 0 amide bonds. The van der Waals surface area contributed by atoms with Crippen molar-refractivity contribution in [3.05, 3.63) is 28.2 Å². The van der Waals surface area contributed by atoms with Gasteiger partial charge in [0.2, 0.25) is 0 Å². The molecule has 2 atom stereocenters. The van der Waals surface area contributed by atoms with Gasteiger partial charge in [0.25, 0.3) is 0 Å². The number of halogens is 1. The highest BCUT2D eigenvalue weighted by molar-refractivity contribution is 9.10. The lowest BCUT2D eigenvalue weighted by Crippen LogP contribution is -2.48. The lowest BCUT2D eigenvalue weighted by atomic mass is 9.74. The number of rotatable bonds is 3. The third-order valence-corrected chi connectivity index (χ3v) is 4.93. The van der Waals surface area contributed by atoms with Gasteiger partial charge in [0.15, 0.2) is 0 Å². The Morgan fingerprint density at radius 1 is 1.45 bits per heavy atom. The van der Waals surface area contributed by atoms with Crippen LogP contribution in [0.5, 0.6) is 5.75 Å². The molecule has 1 N–H and O–H groups in total. The summed E-state index contributed by atoms with van der Waals surface area (Å²) in [6.45, 7) is 2.55. The molecule has 1 unspecified atom stereocenters. The number of benzene rings is 1. The summed E-state index contributed by atoms with van der Waals surface area (Å²) in [6.07, 6.45) is 5.16. The Balaban J connectivity index is 1.75. The van der Waals surface area contributed by atoms with Crippen molar-refractivity contribution in [2.75, 3.05) is 6.61 Å². The first kappa shape index (κ1) is 14.4. The Bertz CT molecular complexity index is 483. The maximum atomic E-state index is 9.86. The highest BCUT2D eigenvalue weighted by Crippen LogP contribution is 2.43. The van der Waals surface area contributed by atoms with E-state index in [4.69, 9.17) is 9.47 Å². The van der Waals surface area contributed by atoms with Crippen LogP contribution in [0.15, 0.2) is 22.7 Å². The second-order valence-corrected chi connectivity index (χ2v) is 6.89. The SMILES string of the molecule is C[C@H](O)c1ccc(Br)cc1OC1CCOC2(CCC2)C1. The normalized spacial score (nSPS) is 26.1. The van der Waals surface area contributed by atoms with Gasteiger partial charge in [-0.3, -0.25) is 0 Å². The van der Waals surface area contributed by atoms with E-state index in [2.05, 4.69) is 15.9 Å². The lowest BCUT2D eigenvalue weighted by Gasteiger charge is -2.47. The second-order valence-electron chi connectivity index (χ2n) is 5.98. The van der Waals surface area contributed by atoms with Gasteiger partial charge < -0.3 is 14.6 Å². The molecule has 20 heavy (non-hydrogen) atoms. The van der Waals surface area contributed by atoms with Crippen LogP contribution >= 0.6 is 15.9 Å². The summed E-state index contributed by atoms with van der Waals surface area (Å²) in [5.41, 5.74) is 0.933. The van der Waals surface area contributed by atoms with Crippen LogP contribution in [0.1, 0.15) is 50.7 Å². The Morgan fingerprint density at radius 2 is 2.25 bits per heavy atom. The fourth-order valence-electron chi connectivity index (χ4n) is 3.14. The van der Waals surface area contributed by atoms with Crippen molar-refractivity contribution in [2.45, 2.75) is 56.8 Å². The monoisotopic (exact) mass is 340 g/mol. The maximum Gasteiger partial charge on any atom is 0.126 e. The minimum Gasteiger partial charge on any atom is -0.490 e. The molecule has 0 radical (unpaired) electrons. The zero-order valence-corrected chi connectivity index (χ0v) is 13.4. The smallest absolute Gasteiger partial charge is 0.126 e. The molecule has 2 aliphatic rings. The first-order valence-electron chi connectivity index (χ1n) is 7.36. The fourth-order valence-corrected chi connectivity index (χ4v) is 3.48.